The van der Waals surface area contributed by atoms with Gasteiger partial charge in [0, 0.05) is 38.7 Å². The predicted octanol–water partition coefficient (Wildman–Crippen LogP) is 0.245. The summed E-state index contributed by atoms with van der Waals surface area (Å²) in [6.45, 7) is 7.79. The summed E-state index contributed by atoms with van der Waals surface area (Å²) in [6.07, 6.45) is 3.69. The van der Waals surface area contributed by atoms with Gasteiger partial charge in [-0.1, -0.05) is 26.0 Å². The molecule has 1 saturated carbocycles. The Hall–Kier alpha value is -2.05. The number of β-amino-alcohol motifs (C(OH)–C–C–N with tert-alkyl or cyclic N) is 1. The molecule has 1 aromatic heterocycles. The highest BCUT2D eigenvalue weighted by Gasteiger charge is 2.47. The summed E-state index contributed by atoms with van der Waals surface area (Å²) >= 11 is 0. The molecule has 2 N–H and O–H groups in total. The Morgan fingerprint density at radius 3 is 2.56 bits per heavy atom. The zero-order valence-electron chi connectivity index (χ0n) is 20.6. The molecule has 0 bridgehead atoms. The van der Waals surface area contributed by atoms with Gasteiger partial charge in [-0.25, -0.2) is 13.1 Å². The number of aromatic nitrogens is 3. The highest BCUT2D eigenvalue weighted by molar-refractivity contribution is 7.89. The zero-order valence-corrected chi connectivity index (χ0v) is 21.4. The van der Waals surface area contributed by atoms with E-state index in [-0.39, 0.29) is 31.2 Å². The van der Waals surface area contributed by atoms with Crippen molar-refractivity contribution in [2.24, 2.45) is 5.41 Å². The fourth-order valence-corrected chi connectivity index (χ4v) is 6.70. The number of aliphatic hydroxyl groups excluding tert-OH is 1. The minimum Gasteiger partial charge on any atom is -0.391 e. The van der Waals surface area contributed by atoms with Crippen LogP contribution >= 0.6 is 0 Å². The fourth-order valence-electron chi connectivity index (χ4n) is 4.90. The molecule has 1 unspecified atom stereocenters. The van der Waals surface area contributed by atoms with Gasteiger partial charge in [-0.05, 0) is 31.6 Å². The van der Waals surface area contributed by atoms with E-state index in [0.717, 1.165) is 18.5 Å². The largest absolute Gasteiger partial charge is 0.391 e. The Bertz CT molecular complexity index is 1060. The van der Waals surface area contributed by atoms with Gasteiger partial charge in [-0.2, -0.15) is 4.31 Å². The van der Waals surface area contributed by atoms with E-state index < -0.39 is 45.1 Å². The van der Waals surface area contributed by atoms with E-state index in [2.05, 4.69) is 15.6 Å². The van der Waals surface area contributed by atoms with Gasteiger partial charge in [0.1, 0.15) is 12.1 Å². The molecule has 0 spiro atoms. The molecule has 2 saturated heterocycles. The lowest BCUT2D eigenvalue weighted by molar-refractivity contribution is -0.144. The molecule has 11 nitrogen and oxygen atoms in total. The van der Waals surface area contributed by atoms with Gasteiger partial charge in [-0.3, -0.25) is 9.59 Å². The number of rotatable bonds is 6. The van der Waals surface area contributed by atoms with Crippen LogP contribution in [0.4, 0.5) is 0 Å². The Kier molecular flexibility index (Phi) is 6.31. The molecule has 4 atom stereocenters. The molecule has 3 heterocycles. The van der Waals surface area contributed by atoms with Crippen LogP contribution in [0.25, 0.3) is 0 Å². The number of likely N-dealkylation sites (tertiary alicyclic amines) is 1. The number of hydrogen-bond donors (Lipinski definition) is 2. The smallest absolute Gasteiger partial charge is 0.248 e. The first-order chi connectivity index (χ1) is 15.7. The molecule has 2 aliphatic heterocycles. The number of nitrogens with zero attached hydrogens (tertiary/aromatic N) is 5. The van der Waals surface area contributed by atoms with Crippen LogP contribution in [0, 0.1) is 5.41 Å². The molecule has 34 heavy (non-hydrogen) atoms. The van der Waals surface area contributed by atoms with E-state index in [1.165, 1.54) is 16.3 Å². The van der Waals surface area contributed by atoms with E-state index in [0.29, 0.717) is 12.3 Å². The number of carbonyl (C=O) groups is 2. The number of aliphatic hydroxyl groups is 1. The second kappa shape index (κ2) is 8.56. The standard InChI is InChI=1S/C22H36N6O5S/c1-21(2,3)18(28-12-16(24-25-28)14-6-7-14)20(31)27-11-15(29)10-17(27)19(30)23-13-22(4)8-9-34(32,33)26(22)5/h12,14-15,17-18,29H,6-11,13H2,1-5H3,(H,23,30)/t15-,17+,18-,22?/m0/s1. The SMILES string of the molecule is CN1C(C)(CNC(=O)[C@H]2C[C@H](O)CN2C(=O)[C@H](n2cc(C3CC3)nn2)C(C)(C)C)CCS1(=O)=O. The van der Waals surface area contributed by atoms with Crippen molar-refractivity contribution in [1.29, 1.82) is 0 Å². The lowest BCUT2D eigenvalue weighted by Gasteiger charge is -2.35. The Labute approximate surface area is 200 Å². The number of hydrogen-bond acceptors (Lipinski definition) is 7. The van der Waals surface area contributed by atoms with Crippen LogP contribution in [0.1, 0.15) is 71.0 Å². The fraction of sp³-hybridized carbons (Fsp3) is 0.818. The maximum atomic E-state index is 13.8. The first kappa shape index (κ1) is 25.1. The second-order valence-corrected chi connectivity index (χ2v) is 13.4. The van der Waals surface area contributed by atoms with Gasteiger partial charge in [0.05, 0.1) is 23.1 Å². The molecule has 0 radical (unpaired) electrons. The third-order valence-electron chi connectivity index (χ3n) is 7.43. The zero-order chi connectivity index (χ0) is 25.1. The normalized spacial score (nSPS) is 30.5. The molecule has 4 rings (SSSR count). The molecular weight excluding hydrogens is 460 g/mol. The van der Waals surface area contributed by atoms with Crippen LogP contribution in [0.2, 0.25) is 0 Å². The minimum absolute atomic E-state index is 0.0383. The highest BCUT2D eigenvalue weighted by Crippen LogP contribution is 2.40. The average Bonchev–Trinajstić information content (AvgIpc) is 3.29. The summed E-state index contributed by atoms with van der Waals surface area (Å²) < 4.78 is 27.2. The predicted molar refractivity (Wildman–Crippen MR) is 124 cm³/mol. The third kappa shape index (κ3) is 4.72. The van der Waals surface area contributed by atoms with E-state index in [1.807, 2.05) is 27.0 Å². The molecule has 190 valence electrons. The van der Waals surface area contributed by atoms with Crippen molar-refractivity contribution in [3.63, 3.8) is 0 Å². The van der Waals surface area contributed by atoms with Gasteiger partial charge in [-0.15, -0.1) is 5.10 Å². The molecule has 12 heteroatoms. The molecule has 0 aromatic carbocycles. The number of carbonyl (C=O) groups excluding carboxylic acids is 2. The number of amides is 2. The van der Waals surface area contributed by atoms with Crippen LogP contribution in [0.15, 0.2) is 6.20 Å². The number of nitrogens with one attached hydrogen (secondary N) is 1. The van der Waals surface area contributed by atoms with Crippen LogP contribution in [-0.4, -0.2) is 93.1 Å². The summed E-state index contributed by atoms with van der Waals surface area (Å²) in [5, 5.41) is 21.7. The van der Waals surface area contributed by atoms with Crippen molar-refractivity contribution in [2.45, 2.75) is 83.0 Å². The van der Waals surface area contributed by atoms with E-state index >= 15 is 0 Å². The highest BCUT2D eigenvalue weighted by atomic mass is 32.2. The number of likely N-dealkylation sites (N-methyl/N-ethyl adjacent to an activating group) is 1. The van der Waals surface area contributed by atoms with Gasteiger partial charge in [0.25, 0.3) is 0 Å². The second-order valence-electron chi connectivity index (χ2n) is 11.3. The first-order valence-corrected chi connectivity index (χ1v) is 13.5. The molecular formula is C22H36N6O5S. The summed E-state index contributed by atoms with van der Waals surface area (Å²) in [6, 6.07) is -1.53. The molecule has 3 fully saturated rings. The summed E-state index contributed by atoms with van der Waals surface area (Å²) in [5.74, 6) is -0.246. The average molecular weight is 497 g/mol. The lowest BCUT2D eigenvalue weighted by atomic mass is 9.85. The summed E-state index contributed by atoms with van der Waals surface area (Å²) in [4.78, 5) is 28.4. The quantitative estimate of drug-likeness (QED) is 0.576. The van der Waals surface area contributed by atoms with E-state index in [1.54, 1.807) is 11.6 Å². The number of sulfonamides is 1. The Balaban J connectivity index is 1.51. The van der Waals surface area contributed by atoms with Crippen molar-refractivity contribution < 1.29 is 23.1 Å². The van der Waals surface area contributed by atoms with E-state index in [9.17, 15) is 23.1 Å². The van der Waals surface area contributed by atoms with Crippen LogP contribution < -0.4 is 5.32 Å². The maximum Gasteiger partial charge on any atom is 0.248 e. The summed E-state index contributed by atoms with van der Waals surface area (Å²) in [7, 11) is -1.81. The lowest BCUT2D eigenvalue weighted by Crippen LogP contribution is -2.54. The molecule has 2 amide bonds. The van der Waals surface area contributed by atoms with Crippen LogP contribution in [0.3, 0.4) is 0 Å². The van der Waals surface area contributed by atoms with Crippen LogP contribution in [0.5, 0.6) is 0 Å². The van der Waals surface area contributed by atoms with Gasteiger partial charge >= 0.3 is 0 Å². The van der Waals surface area contributed by atoms with Crippen molar-refractivity contribution in [3.05, 3.63) is 11.9 Å². The maximum absolute atomic E-state index is 13.8. The molecule has 3 aliphatic rings. The molecule has 1 aliphatic carbocycles. The molecule has 1 aromatic rings. The minimum atomic E-state index is -3.33. The first-order valence-electron chi connectivity index (χ1n) is 11.9. The third-order valence-corrected chi connectivity index (χ3v) is 9.42. The summed E-state index contributed by atoms with van der Waals surface area (Å²) in [5.41, 5.74) is -0.357. The van der Waals surface area contributed by atoms with E-state index in [4.69, 9.17) is 0 Å². The van der Waals surface area contributed by atoms with Gasteiger partial charge in [0.15, 0.2) is 0 Å². The van der Waals surface area contributed by atoms with Crippen LogP contribution in [-0.2, 0) is 19.6 Å². The van der Waals surface area contributed by atoms with Crippen molar-refractivity contribution in [2.75, 3.05) is 25.9 Å². The van der Waals surface area contributed by atoms with Gasteiger partial charge in [0.2, 0.25) is 21.8 Å². The van der Waals surface area contributed by atoms with Crippen molar-refractivity contribution in [1.82, 2.24) is 29.5 Å². The monoisotopic (exact) mass is 496 g/mol. The Morgan fingerprint density at radius 1 is 1.32 bits per heavy atom. The van der Waals surface area contributed by atoms with Gasteiger partial charge < -0.3 is 15.3 Å². The van der Waals surface area contributed by atoms with Crippen molar-refractivity contribution in [3.8, 4) is 0 Å². The van der Waals surface area contributed by atoms with Crippen molar-refractivity contribution >= 4 is 21.8 Å². The Morgan fingerprint density at radius 2 is 2.00 bits per heavy atom. The topological polar surface area (TPSA) is 138 Å².